The van der Waals surface area contributed by atoms with Crippen LogP contribution in [-0.4, -0.2) is 37.3 Å². The molecule has 5 aromatic rings. The average Bonchev–Trinajstić information content (AvgIpc) is 3.14. The maximum absolute atomic E-state index is 14.2. The molecule has 6 nitrogen and oxygen atoms in total. The zero-order valence-corrected chi connectivity index (χ0v) is 28.3. The Bertz CT molecular complexity index is 1750. The Morgan fingerprint density at radius 2 is 1.27 bits per heavy atom. The van der Waals surface area contributed by atoms with Crippen LogP contribution in [0.4, 0.5) is 0 Å². The van der Waals surface area contributed by atoms with Crippen LogP contribution in [0.5, 0.6) is 5.75 Å². The topological polar surface area (TPSA) is 63.2 Å². The number of benzene rings is 5. The summed E-state index contributed by atoms with van der Waals surface area (Å²) in [6.45, 7) is 3.54. The van der Waals surface area contributed by atoms with E-state index in [1.807, 2.05) is 140 Å². The standard InChI is InChI=1S/C42H41ClO6/c1-2-46-36-21-18-30(19-22-36)24-35-25-34(20-23-37(35)43)40-42(48-28-33-16-10-5-11-17-33)41(47-27-32-14-8-4-9-15-32)39(44)38(49-40)29-45-26-31-12-6-3-7-13-31/h3-23,25,38,40-42H,2,24,26-29H2,1H3. The monoisotopic (exact) mass is 676 g/mol. The summed E-state index contributed by atoms with van der Waals surface area (Å²) in [4.78, 5) is 14.2. The second-order valence-electron chi connectivity index (χ2n) is 12.0. The summed E-state index contributed by atoms with van der Waals surface area (Å²) in [5.74, 6) is 0.619. The van der Waals surface area contributed by atoms with Gasteiger partial charge in [-0.3, -0.25) is 4.79 Å². The highest BCUT2D eigenvalue weighted by molar-refractivity contribution is 6.31. The highest BCUT2D eigenvalue weighted by Gasteiger charge is 2.47. The zero-order valence-electron chi connectivity index (χ0n) is 27.6. The van der Waals surface area contributed by atoms with Gasteiger partial charge in [-0.15, -0.1) is 0 Å². The maximum Gasteiger partial charge on any atom is 0.195 e. The number of ketones is 1. The smallest absolute Gasteiger partial charge is 0.195 e. The largest absolute Gasteiger partial charge is 0.494 e. The molecule has 0 saturated carbocycles. The van der Waals surface area contributed by atoms with Gasteiger partial charge in [-0.1, -0.05) is 127 Å². The third kappa shape index (κ3) is 9.44. The van der Waals surface area contributed by atoms with Gasteiger partial charge in [-0.25, -0.2) is 0 Å². The van der Waals surface area contributed by atoms with E-state index in [0.29, 0.717) is 24.7 Å². The summed E-state index contributed by atoms with van der Waals surface area (Å²) in [6, 6.07) is 43.5. The molecule has 0 N–H and O–H groups in total. The van der Waals surface area contributed by atoms with Gasteiger partial charge < -0.3 is 23.7 Å². The van der Waals surface area contributed by atoms with Gasteiger partial charge >= 0.3 is 0 Å². The van der Waals surface area contributed by atoms with Crippen LogP contribution in [0.25, 0.3) is 0 Å². The van der Waals surface area contributed by atoms with Crippen molar-refractivity contribution in [2.24, 2.45) is 0 Å². The lowest BCUT2D eigenvalue weighted by molar-refractivity contribution is -0.213. The van der Waals surface area contributed by atoms with Crippen molar-refractivity contribution in [2.45, 2.75) is 57.6 Å². The molecule has 0 bridgehead atoms. The highest BCUT2D eigenvalue weighted by atomic mass is 35.5. The molecule has 1 saturated heterocycles. The minimum Gasteiger partial charge on any atom is -0.494 e. The molecule has 0 amide bonds. The second kappa shape index (κ2) is 17.4. The number of hydrogen-bond donors (Lipinski definition) is 0. The Labute approximate surface area is 293 Å². The molecule has 1 fully saturated rings. The van der Waals surface area contributed by atoms with Crippen LogP contribution in [-0.2, 0) is 50.0 Å². The van der Waals surface area contributed by atoms with Crippen molar-refractivity contribution >= 4 is 17.4 Å². The molecule has 1 heterocycles. The molecule has 0 aliphatic carbocycles. The number of Topliss-reactive ketones (excluding diaryl/α,β-unsaturated/α-hetero) is 1. The fraction of sp³-hybridized carbons (Fsp3) is 0.262. The van der Waals surface area contributed by atoms with Crippen molar-refractivity contribution in [3.05, 3.63) is 172 Å². The van der Waals surface area contributed by atoms with Crippen LogP contribution >= 0.6 is 11.6 Å². The third-order valence-corrected chi connectivity index (χ3v) is 8.84. The summed E-state index contributed by atoms with van der Waals surface area (Å²) in [7, 11) is 0. The van der Waals surface area contributed by atoms with E-state index < -0.39 is 24.4 Å². The highest BCUT2D eigenvalue weighted by Crippen LogP contribution is 2.37. The molecule has 1 aliphatic rings. The first kappa shape index (κ1) is 34.6. The molecule has 0 aromatic heterocycles. The van der Waals surface area contributed by atoms with Gasteiger partial charge in [0, 0.05) is 5.02 Å². The molecular weight excluding hydrogens is 636 g/mol. The average molecular weight is 677 g/mol. The summed E-state index contributed by atoms with van der Waals surface area (Å²) >= 11 is 6.77. The van der Waals surface area contributed by atoms with Crippen LogP contribution in [0, 0.1) is 0 Å². The molecule has 4 atom stereocenters. The molecule has 0 spiro atoms. The number of ether oxygens (including phenoxy) is 5. The van der Waals surface area contributed by atoms with E-state index in [9.17, 15) is 4.79 Å². The fourth-order valence-electron chi connectivity index (χ4n) is 5.95. The van der Waals surface area contributed by atoms with Crippen molar-refractivity contribution in [1.29, 1.82) is 0 Å². The van der Waals surface area contributed by atoms with Crippen molar-refractivity contribution in [1.82, 2.24) is 0 Å². The van der Waals surface area contributed by atoms with Gasteiger partial charge in [0.1, 0.15) is 30.2 Å². The molecular formula is C42H41ClO6. The Morgan fingerprint density at radius 1 is 0.673 bits per heavy atom. The van der Waals surface area contributed by atoms with E-state index in [4.69, 9.17) is 35.3 Å². The minimum atomic E-state index is -0.904. The van der Waals surface area contributed by atoms with Crippen LogP contribution in [0.15, 0.2) is 133 Å². The van der Waals surface area contributed by atoms with Crippen molar-refractivity contribution in [3.8, 4) is 5.75 Å². The summed E-state index contributed by atoms with van der Waals surface area (Å²) in [5.41, 5.74) is 5.83. The normalized spacial score (nSPS) is 19.1. The predicted molar refractivity (Wildman–Crippen MR) is 191 cm³/mol. The number of carbonyl (C=O) groups excluding carboxylic acids is 1. The quantitative estimate of drug-likeness (QED) is 0.111. The Hall–Kier alpha value is -4.30. The zero-order chi connectivity index (χ0) is 33.8. The van der Waals surface area contributed by atoms with Gasteiger partial charge in [0.2, 0.25) is 0 Å². The van der Waals surface area contributed by atoms with E-state index in [1.165, 1.54) is 0 Å². The number of halogens is 1. The predicted octanol–water partition coefficient (Wildman–Crippen LogP) is 8.73. The Morgan fingerprint density at radius 3 is 1.88 bits per heavy atom. The SMILES string of the molecule is CCOc1ccc(Cc2cc(C3OC(COCc4ccccc4)C(=O)C(OCc4ccccc4)C3OCc3ccccc3)ccc2Cl)cc1. The molecule has 0 radical (unpaired) electrons. The van der Waals surface area contributed by atoms with Gasteiger partial charge in [-0.05, 0) is 64.9 Å². The Balaban J connectivity index is 1.30. The first-order valence-corrected chi connectivity index (χ1v) is 17.1. The van der Waals surface area contributed by atoms with Gasteiger partial charge in [0.05, 0.1) is 33.0 Å². The van der Waals surface area contributed by atoms with Gasteiger partial charge in [0.15, 0.2) is 5.78 Å². The summed E-state index contributed by atoms with van der Waals surface area (Å²) in [6.07, 6.45) is -2.53. The van der Waals surface area contributed by atoms with Crippen LogP contribution in [0.3, 0.4) is 0 Å². The minimum absolute atomic E-state index is 0.0768. The second-order valence-corrected chi connectivity index (χ2v) is 12.4. The van der Waals surface area contributed by atoms with Crippen LogP contribution < -0.4 is 4.74 Å². The molecule has 4 unspecified atom stereocenters. The third-order valence-electron chi connectivity index (χ3n) is 8.47. The van der Waals surface area contributed by atoms with Crippen LogP contribution in [0.2, 0.25) is 5.02 Å². The molecule has 252 valence electrons. The van der Waals surface area contributed by atoms with E-state index in [1.54, 1.807) is 0 Å². The molecule has 49 heavy (non-hydrogen) atoms. The number of hydrogen-bond acceptors (Lipinski definition) is 6. The van der Waals surface area contributed by atoms with Crippen LogP contribution in [0.1, 0.15) is 46.4 Å². The maximum atomic E-state index is 14.2. The summed E-state index contributed by atoms with van der Waals surface area (Å²) in [5, 5.41) is 0.644. The van der Waals surface area contributed by atoms with Gasteiger partial charge in [-0.2, -0.15) is 0 Å². The molecule has 5 aromatic carbocycles. The van der Waals surface area contributed by atoms with E-state index in [0.717, 1.165) is 39.1 Å². The molecule has 7 heteroatoms. The summed E-state index contributed by atoms with van der Waals surface area (Å²) < 4.78 is 31.4. The number of carbonyl (C=O) groups is 1. The van der Waals surface area contributed by atoms with E-state index >= 15 is 0 Å². The number of rotatable bonds is 15. The van der Waals surface area contributed by atoms with Crippen molar-refractivity contribution in [2.75, 3.05) is 13.2 Å². The first-order valence-electron chi connectivity index (χ1n) is 16.7. The van der Waals surface area contributed by atoms with Crippen molar-refractivity contribution in [3.63, 3.8) is 0 Å². The fourth-order valence-corrected chi connectivity index (χ4v) is 6.13. The Kier molecular flexibility index (Phi) is 12.3. The molecule has 1 aliphatic heterocycles. The van der Waals surface area contributed by atoms with E-state index in [-0.39, 0.29) is 25.6 Å². The lowest BCUT2D eigenvalue weighted by atomic mass is 9.90. The van der Waals surface area contributed by atoms with Gasteiger partial charge in [0.25, 0.3) is 0 Å². The van der Waals surface area contributed by atoms with Crippen molar-refractivity contribution < 1.29 is 28.5 Å². The van der Waals surface area contributed by atoms with E-state index in [2.05, 4.69) is 0 Å². The lowest BCUT2D eigenvalue weighted by Gasteiger charge is -2.40. The first-order chi connectivity index (χ1) is 24.1. The molecule has 6 rings (SSSR count). The lowest BCUT2D eigenvalue weighted by Crippen LogP contribution is -2.54.